The molecule has 0 amide bonds. The molecule has 0 spiro atoms. The zero-order valence-corrected chi connectivity index (χ0v) is 13.1. The highest BCUT2D eigenvalue weighted by Gasteiger charge is 2.19. The van der Waals surface area contributed by atoms with E-state index in [0.29, 0.717) is 11.3 Å². The van der Waals surface area contributed by atoms with Crippen LogP contribution in [0, 0.1) is 11.3 Å². The smallest absolute Gasteiger partial charge is 0.115 e. The number of phenolic OH excluding ortho intramolecular Hbond substituents is 1. The zero-order chi connectivity index (χ0) is 16.4. The van der Waals surface area contributed by atoms with Gasteiger partial charge in [-0.25, -0.2) is 0 Å². The number of hydrogen-bond acceptors (Lipinski definition) is 3. The fourth-order valence-corrected chi connectivity index (χ4v) is 3.02. The molecule has 1 aromatic heterocycles. The highest BCUT2D eigenvalue weighted by molar-refractivity contribution is 5.98. The third-order valence-electron chi connectivity index (χ3n) is 4.11. The largest absolute Gasteiger partial charge is 0.508 e. The average molecular weight is 305 g/mol. The van der Waals surface area contributed by atoms with Gasteiger partial charge in [0.15, 0.2) is 0 Å². The molecular weight excluding hydrogens is 286 g/mol. The predicted molar refractivity (Wildman–Crippen MR) is 92.7 cm³/mol. The van der Waals surface area contributed by atoms with Crippen molar-refractivity contribution >= 4 is 16.6 Å². The first kappa shape index (κ1) is 15.0. The van der Waals surface area contributed by atoms with Crippen LogP contribution >= 0.6 is 0 Å². The number of rotatable bonds is 4. The van der Waals surface area contributed by atoms with E-state index in [1.54, 1.807) is 12.1 Å². The van der Waals surface area contributed by atoms with Crippen LogP contribution in [0.1, 0.15) is 31.0 Å². The van der Waals surface area contributed by atoms with Gasteiger partial charge in [-0.2, -0.15) is 5.26 Å². The second-order valence-electron chi connectivity index (χ2n) is 5.63. The van der Waals surface area contributed by atoms with Gasteiger partial charge in [0.1, 0.15) is 11.8 Å². The summed E-state index contributed by atoms with van der Waals surface area (Å²) in [4.78, 5) is 0. The lowest BCUT2D eigenvalue weighted by atomic mass is 10.1. The fraction of sp³-hybridized carbons (Fsp3) is 0.211. The number of benzene rings is 2. The second-order valence-corrected chi connectivity index (χ2v) is 5.63. The molecule has 2 aromatic carbocycles. The van der Waals surface area contributed by atoms with Gasteiger partial charge in [0.2, 0.25) is 0 Å². The van der Waals surface area contributed by atoms with Crippen LogP contribution in [0.4, 0.5) is 5.69 Å². The first-order chi connectivity index (χ1) is 11.2. The molecule has 0 saturated carbocycles. The van der Waals surface area contributed by atoms with E-state index in [4.69, 9.17) is 5.73 Å². The van der Waals surface area contributed by atoms with Crippen molar-refractivity contribution in [1.29, 1.82) is 5.26 Å². The Morgan fingerprint density at radius 2 is 1.91 bits per heavy atom. The molecule has 3 aromatic rings. The van der Waals surface area contributed by atoms with Gasteiger partial charge in [-0.1, -0.05) is 19.4 Å². The summed E-state index contributed by atoms with van der Waals surface area (Å²) in [6.45, 7) is 2.13. The van der Waals surface area contributed by atoms with Crippen LogP contribution in [-0.4, -0.2) is 9.67 Å². The molecule has 116 valence electrons. The van der Waals surface area contributed by atoms with Gasteiger partial charge >= 0.3 is 0 Å². The van der Waals surface area contributed by atoms with Gasteiger partial charge in [-0.3, -0.25) is 0 Å². The van der Waals surface area contributed by atoms with Crippen LogP contribution in [0.15, 0.2) is 42.5 Å². The van der Waals surface area contributed by atoms with Gasteiger partial charge in [0, 0.05) is 22.5 Å². The summed E-state index contributed by atoms with van der Waals surface area (Å²) in [6.07, 6.45) is 2.87. The van der Waals surface area contributed by atoms with E-state index < -0.39 is 0 Å². The van der Waals surface area contributed by atoms with E-state index in [1.165, 1.54) is 0 Å². The summed E-state index contributed by atoms with van der Waals surface area (Å²) < 4.78 is 2.08. The number of nitriles is 1. The summed E-state index contributed by atoms with van der Waals surface area (Å²) in [6, 6.07) is 15.1. The third-order valence-corrected chi connectivity index (χ3v) is 4.11. The number of nitrogens with two attached hydrogens (primary N) is 1. The van der Waals surface area contributed by atoms with Crippen LogP contribution in [0.2, 0.25) is 0 Å². The standard InChI is InChI=1S/C19H19N3O/c1-2-3-6-17-15(12-20)19-16(21)5-4-7-18(19)22(17)13-8-10-14(23)11-9-13/h4-5,7-11,23H,2-3,6,21H2,1H3. The highest BCUT2D eigenvalue weighted by atomic mass is 16.3. The van der Waals surface area contributed by atoms with Crippen molar-refractivity contribution in [2.24, 2.45) is 0 Å². The quantitative estimate of drug-likeness (QED) is 0.711. The molecule has 4 nitrogen and oxygen atoms in total. The molecule has 3 rings (SSSR count). The number of hydrogen-bond donors (Lipinski definition) is 2. The van der Waals surface area contributed by atoms with Gasteiger partial charge in [0.05, 0.1) is 11.1 Å². The molecule has 1 heterocycles. The Bertz CT molecular complexity index is 886. The average Bonchev–Trinajstić information content (AvgIpc) is 2.88. The number of fused-ring (bicyclic) bond motifs is 1. The molecule has 0 atom stereocenters. The van der Waals surface area contributed by atoms with Gasteiger partial charge in [-0.05, 0) is 49.2 Å². The van der Waals surface area contributed by atoms with Crippen LogP contribution in [0.5, 0.6) is 5.75 Å². The Morgan fingerprint density at radius 3 is 2.57 bits per heavy atom. The molecule has 23 heavy (non-hydrogen) atoms. The van der Waals surface area contributed by atoms with Gasteiger partial charge < -0.3 is 15.4 Å². The monoisotopic (exact) mass is 305 g/mol. The van der Waals surface area contributed by atoms with Crippen molar-refractivity contribution in [3.63, 3.8) is 0 Å². The lowest BCUT2D eigenvalue weighted by Crippen LogP contribution is -2.01. The van der Waals surface area contributed by atoms with Crippen molar-refractivity contribution in [3.8, 4) is 17.5 Å². The summed E-state index contributed by atoms with van der Waals surface area (Å²) in [5.74, 6) is 0.223. The zero-order valence-electron chi connectivity index (χ0n) is 13.1. The first-order valence-electron chi connectivity index (χ1n) is 7.78. The summed E-state index contributed by atoms with van der Waals surface area (Å²) >= 11 is 0. The van der Waals surface area contributed by atoms with Gasteiger partial charge in [-0.15, -0.1) is 0 Å². The summed E-state index contributed by atoms with van der Waals surface area (Å²) in [5, 5.41) is 20.0. The minimum absolute atomic E-state index is 0.223. The molecular formula is C19H19N3O. The Labute approximate surface area is 135 Å². The maximum atomic E-state index is 9.69. The van der Waals surface area contributed by atoms with E-state index >= 15 is 0 Å². The van der Waals surface area contributed by atoms with Crippen molar-refractivity contribution in [2.75, 3.05) is 5.73 Å². The van der Waals surface area contributed by atoms with E-state index in [-0.39, 0.29) is 5.75 Å². The molecule has 0 radical (unpaired) electrons. The molecule has 0 aliphatic heterocycles. The van der Waals surface area contributed by atoms with E-state index in [0.717, 1.165) is 41.5 Å². The van der Waals surface area contributed by atoms with Crippen molar-refractivity contribution < 1.29 is 5.11 Å². The number of nitrogens with zero attached hydrogens (tertiary/aromatic N) is 2. The normalized spacial score (nSPS) is 10.8. The Morgan fingerprint density at radius 1 is 1.17 bits per heavy atom. The number of anilines is 1. The fourth-order valence-electron chi connectivity index (χ4n) is 3.02. The maximum Gasteiger partial charge on any atom is 0.115 e. The lowest BCUT2D eigenvalue weighted by Gasteiger charge is -2.11. The number of aromatic hydroxyl groups is 1. The highest BCUT2D eigenvalue weighted by Crippen LogP contribution is 2.34. The maximum absolute atomic E-state index is 9.69. The molecule has 4 heteroatoms. The van der Waals surface area contributed by atoms with Gasteiger partial charge in [0.25, 0.3) is 0 Å². The van der Waals surface area contributed by atoms with Crippen LogP contribution in [0.25, 0.3) is 16.6 Å². The predicted octanol–water partition coefficient (Wildman–Crippen LogP) is 4.13. The molecule has 0 bridgehead atoms. The van der Waals surface area contributed by atoms with Crippen molar-refractivity contribution in [2.45, 2.75) is 26.2 Å². The van der Waals surface area contributed by atoms with E-state index in [1.807, 2.05) is 30.3 Å². The Kier molecular flexibility index (Phi) is 3.94. The summed E-state index contributed by atoms with van der Waals surface area (Å²) in [5.41, 5.74) is 10.2. The van der Waals surface area contributed by atoms with Crippen LogP contribution in [-0.2, 0) is 6.42 Å². The SMILES string of the molecule is CCCCc1c(C#N)c2c(N)cccc2n1-c1ccc(O)cc1. The minimum atomic E-state index is 0.223. The molecule has 3 N–H and O–H groups in total. The summed E-state index contributed by atoms with van der Waals surface area (Å²) in [7, 11) is 0. The van der Waals surface area contributed by atoms with Crippen LogP contribution in [0.3, 0.4) is 0 Å². The topological polar surface area (TPSA) is 75.0 Å². The third kappa shape index (κ3) is 2.51. The van der Waals surface area contributed by atoms with E-state index in [2.05, 4.69) is 17.6 Å². The minimum Gasteiger partial charge on any atom is -0.508 e. The number of nitrogen functional groups attached to an aromatic ring is 1. The first-order valence-corrected chi connectivity index (χ1v) is 7.78. The number of phenols is 1. The van der Waals surface area contributed by atoms with Crippen LogP contribution < -0.4 is 5.73 Å². The Balaban J connectivity index is 2.36. The number of aromatic nitrogens is 1. The molecule has 0 fully saturated rings. The number of unbranched alkanes of at least 4 members (excludes halogenated alkanes) is 1. The lowest BCUT2D eigenvalue weighted by molar-refractivity contribution is 0.475. The van der Waals surface area contributed by atoms with Crippen molar-refractivity contribution in [1.82, 2.24) is 4.57 Å². The second kappa shape index (κ2) is 6.05. The molecule has 0 unspecified atom stereocenters. The molecule has 0 saturated heterocycles. The van der Waals surface area contributed by atoms with Crippen molar-refractivity contribution in [3.05, 3.63) is 53.7 Å². The molecule has 0 aliphatic rings. The Hall–Kier alpha value is -2.93. The van der Waals surface area contributed by atoms with E-state index in [9.17, 15) is 10.4 Å². The molecule has 0 aliphatic carbocycles.